The van der Waals surface area contributed by atoms with Crippen molar-refractivity contribution >= 4 is 11.9 Å². The van der Waals surface area contributed by atoms with Gasteiger partial charge in [-0.05, 0) is 5.41 Å². The van der Waals surface area contributed by atoms with E-state index in [0.717, 1.165) is 0 Å². The van der Waals surface area contributed by atoms with Gasteiger partial charge in [-0.25, -0.2) is 0 Å². The molecule has 0 aliphatic heterocycles. The molecule has 0 aliphatic carbocycles. The maximum Gasteiger partial charge on any atom is 0.325 e. The first-order valence-electron chi connectivity index (χ1n) is 4.57. The number of ether oxygens (including phenoxy) is 1. The van der Waals surface area contributed by atoms with Gasteiger partial charge in [-0.3, -0.25) is 9.59 Å². The highest BCUT2D eigenvalue weighted by molar-refractivity contribution is 5.82. The van der Waals surface area contributed by atoms with E-state index in [1.165, 1.54) is 12.0 Å². The lowest BCUT2D eigenvalue weighted by Crippen LogP contribution is -2.34. The highest BCUT2D eigenvalue weighted by Gasteiger charge is 2.20. The summed E-state index contributed by atoms with van der Waals surface area (Å²) in [5.41, 5.74) is -0.0541. The number of likely N-dealkylation sites (N-methyl/N-ethyl adjacent to an activating group) is 1. The van der Waals surface area contributed by atoms with Crippen LogP contribution in [-0.2, 0) is 14.3 Å². The van der Waals surface area contributed by atoms with Crippen molar-refractivity contribution in [3.05, 3.63) is 0 Å². The zero-order chi connectivity index (χ0) is 11.4. The van der Waals surface area contributed by atoms with Gasteiger partial charge in [0.2, 0.25) is 5.91 Å². The van der Waals surface area contributed by atoms with Gasteiger partial charge in [0.05, 0.1) is 7.11 Å². The Labute approximate surface area is 85.2 Å². The molecule has 0 aromatic rings. The van der Waals surface area contributed by atoms with Gasteiger partial charge in [-0.15, -0.1) is 0 Å². The summed E-state index contributed by atoms with van der Waals surface area (Å²) >= 11 is 0. The molecule has 14 heavy (non-hydrogen) atoms. The molecular weight excluding hydrogens is 182 g/mol. The number of hydrogen-bond donors (Lipinski definition) is 0. The van der Waals surface area contributed by atoms with E-state index in [-0.39, 0.29) is 17.9 Å². The summed E-state index contributed by atoms with van der Waals surface area (Å²) in [5.74, 6) is -0.433. The van der Waals surface area contributed by atoms with E-state index in [1.54, 1.807) is 7.05 Å². The van der Waals surface area contributed by atoms with Crippen molar-refractivity contribution in [2.45, 2.75) is 27.2 Å². The predicted molar refractivity (Wildman–Crippen MR) is 53.7 cm³/mol. The second-order valence-corrected chi connectivity index (χ2v) is 4.56. The largest absolute Gasteiger partial charge is 0.468 e. The smallest absolute Gasteiger partial charge is 0.325 e. The molecule has 0 saturated heterocycles. The molecule has 0 unspecified atom stereocenters. The van der Waals surface area contributed by atoms with Gasteiger partial charge in [0.25, 0.3) is 0 Å². The molecule has 0 radical (unpaired) electrons. The third-order valence-electron chi connectivity index (χ3n) is 1.70. The zero-order valence-electron chi connectivity index (χ0n) is 9.59. The van der Waals surface area contributed by atoms with Crippen LogP contribution in [0, 0.1) is 5.41 Å². The van der Waals surface area contributed by atoms with Crippen LogP contribution in [0.15, 0.2) is 0 Å². The van der Waals surface area contributed by atoms with E-state index in [4.69, 9.17) is 0 Å². The molecule has 0 N–H and O–H groups in total. The maximum absolute atomic E-state index is 11.5. The summed E-state index contributed by atoms with van der Waals surface area (Å²) in [4.78, 5) is 23.8. The normalized spacial score (nSPS) is 10.9. The number of carbonyl (C=O) groups excluding carboxylic acids is 2. The van der Waals surface area contributed by atoms with Crippen LogP contribution >= 0.6 is 0 Å². The van der Waals surface area contributed by atoms with Crippen molar-refractivity contribution in [1.82, 2.24) is 4.90 Å². The Balaban J connectivity index is 4.07. The summed E-state index contributed by atoms with van der Waals surface area (Å²) < 4.78 is 4.47. The average Bonchev–Trinajstić information content (AvgIpc) is 2.00. The van der Waals surface area contributed by atoms with Crippen LogP contribution < -0.4 is 0 Å². The van der Waals surface area contributed by atoms with Crippen molar-refractivity contribution < 1.29 is 14.3 Å². The van der Waals surface area contributed by atoms with Gasteiger partial charge in [0.15, 0.2) is 0 Å². The quantitative estimate of drug-likeness (QED) is 0.641. The Hall–Kier alpha value is -1.06. The minimum absolute atomic E-state index is 0.0193. The van der Waals surface area contributed by atoms with Crippen LogP contribution in [0.4, 0.5) is 0 Å². The monoisotopic (exact) mass is 201 g/mol. The fraction of sp³-hybridized carbons (Fsp3) is 0.800. The van der Waals surface area contributed by atoms with Crippen molar-refractivity contribution in [3.8, 4) is 0 Å². The molecule has 4 heteroatoms. The second-order valence-electron chi connectivity index (χ2n) is 4.56. The predicted octanol–water partition coefficient (Wildman–Crippen LogP) is 1.05. The minimum atomic E-state index is -0.394. The zero-order valence-corrected chi connectivity index (χ0v) is 9.59. The summed E-state index contributed by atoms with van der Waals surface area (Å²) in [6, 6.07) is 0. The first-order valence-corrected chi connectivity index (χ1v) is 4.57. The molecule has 0 fully saturated rings. The number of rotatable bonds is 3. The van der Waals surface area contributed by atoms with E-state index in [1.807, 2.05) is 20.8 Å². The molecule has 0 bridgehead atoms. The van der Waals surface area contributed by atoms with E-state index in [2.05, 4.69) is 4.74 Å². The summed E-state index contributed by atoms with van der Waals surface area (Å²) in [6.45, 7) is 5.97. The van der Waals surface area contributed by atoms with Crippen LogP contribution in [0.2, 0.25) is 0 Å². The molecule has 4 nitrogen and oxygen atoms in total. The van der Waals surface area contributed by atoms with Crippen LogP contribution in [0.5, 0.6) is 0 Å². The van der Waals surface area contributed by atoms with Crippen molar-refractivity contribution in [1.29, 1.82) is 0 Å². The van der Waals surface area contributed by atoms with Gasteiger partial charge >= 0.3 is 5.97 Å². The van der Waals surface area contributed by atoms with Gasteiger partial charge in [-0.2, -0.15) is 0 Å². The van der Waals surface area contributed by atoms with Crippen LogP contribution in [0.3, 0.4) is 0 Å². The first-order chi connectivity index (χ1) is 6.26. The number of hydrogen-bond acceptors (Lipinski definition) is 3. The Kier molecular flexibility index (Phi) is 4.60. The van der Waals surface area contributed by atoms with Crippen LogP contribution in [0.1, 0.15) is 27.2 Å². The van der Waals surface area contributed by atoms with Crippen LogP contribution in [0.25, 0.3) is 0 Å². The molecular formula is C10H19NO3. The molecule has 0 spiro atoms. The van der Waals surface area contributed by atoms with Gasteiger partial charge in [0.1, 0.15) is 6.54 Å². The lowest BCUT2D eigenvalue weighted by molar-refractivity contribution is -0.146. The molecule has 0 aliphatic rings. The highest BCUT2D eigenvalue weighted by Crippen LogP contribution is 2.19. The summed E-state index contributed by atoms with van der Waals surface area (Å²) in [6.07, 6.45) is 0.431. The van der Waals surface area contributed by atoms with Crippen molar-refractivity contribution in [3.63, 3.8) is 0 Å². The summed E-state index contributed by atoms with van der Waals surface area (Å²) in [5, 5.41) is 0. The van der Waals surface area contributed by atoms with E-state index < -0.39 is 5.97 Å². The van der Waals surface area contributed by atoms with Gasteiger partial charge < -0.3 is 9.64 Å². The SMILES string of the molecule is COC(=O)CN(C)C(=O)CC(C)(C)C. The van der Waals surface area contributed by atoms with Gasteiger partial charge in [-0.1, -0.05) is 20.8 Å². The Morgan fingerprint density at radius 1 is 1.29 bits per heavy atom. The Morgan fingerprint density at radius 3 is 2.14 bits per heavy atom. The molecule has 0 rings (SSSR count). The number of carbonyl (C=O) groups is 2. The minimum Gasteiger partial charge on any atom is -0.468 e. The third-order valence-corrected chi connectivity index (χ3v) is 1.70. The van der Waals surface area contributed by atoms with Crippen molar-refractivity contribution in [2.24, 2.45) is 5.41 Å². The molecule has 0 saturated carbocycles. The third kappa shape index (κ3) is 5.56. The maximum atomic E-state index is 11.5. The molecule has 1 amide bonds. The van der Waals surface area contributed by atoms with Gasteiger partial charge in [0, 0.05) is 13.5 Å². The molecule has 0 heterocycles. The van der Waals surface area contributed by atoms with E-state index >= 15 is 0 Å². The number of nitrogens with zero attached hydrogens (tertiary/aromatic N) is 1. The van der Waals surface area contributed by atoms with Crippen LogP contribution in [-0.4, -0.2) is 37.5 Å². The average molecular weight is 201 g/mol. The fourth-order valence-electron chi connectivity index (χ4n) is 0.935. The molecule has 0 aromatic carbocycles. The number of amides is 1. The second kappa shape index (κ2) is 4.98. The lowest BCUT2D eigenvalue weighted by Gasteiger charge is -2.22. The lowest BCUT2D eigenvalue weighted by atomic mass is 9.92. The Morgan fingerprint density at radius 2 is 1.79 bits per heavy atom. The standard InChI is InChI=1S/C10H19NO3/c1-10(2,3)6-8(12)11(4)7-9(13)14-5/h6-7H2,1-5H3. The fourth-order valence-corrected chi connectivity index (χ4v) is 0.935. The number of methoxy groups -OCH3 is 1. The Bertz CT molecular complexity index is 218. The molecule has 0 aromatic heterocycles. The van der Waals surface area contributed by atoms with E-state index in [9.17, 15) is 9.59 Å². The first kappa shape index (κ1) is 12.9. The number of esters is 1. The summed E-state index contributed by atoms with van der Waals surface area (Å²) in [7, 11) is 2.91. The highest BCUT2D eigenvalue weighted by atomic mass is 16.5. The van der Waals surface area contributed by atoms with Crippen molar-refractivity contribution in [2.75, 3.05) is 20.7 Å². The molecule has 82 valence electrons. The molecule has 0 atom stereocenters. The van der Waals surface area contributed by atoms with E-state index in [0.29, 0.717) is 6.42 Å². The topological polar surface area (TPSA) is 46.6 Å².